The molecule has 7 nitrogen and oxygen atoms in total. The summed E-state index contributed by atoms with van der Waals surface area (Å²) in [5.74, 6) is -0.545. The van der Waals surface area contributed by atoms with E-state index in [0.29, 0.717) is 18.5 Å². The lowest BCUT2D eigenvalue weighted by Crippen LogP contribution is -2.49. The van der Waals surface area contributed by atoms with Crippen LogP contribution in [0.4, 0.5) is 5.69 Å². The summed E-state index contributed by atoms with van der Waals surface area (Å²) in [5.41, 5.74) is 2.24. The molecule has 0 fully saturated rings. The van der Waals surface area contributed by atoms with Crippen molar-refractivity contribution in [2.24, 2.45) is 0 Å². The van der Waals surface area contributed by atoms with Crippen LogP contribution in [0.25, 0.3) is 0 Å². The molecule has 2 aromatic rings. The van der Waals surface area contributed by atoms with Crippen molar-refractivity contribution in [2.75, 3.05) is 6.54 Å². The molecular weight excluding hydrogens is 370 g/mol. The second kappa shape index (κ2) is 10.4. The number of nitro groups is 1. The van der Waals surface area contributed by atoms with E-state index in [1.165, 1.54) is 11.0 Å². The van der Waals surface area contributed by atoms with Gasteiger partial charge in [0.2, 0.25) is 11.8 Å². The van der Waals surface area contributed by atoms with E-state index in [-0.39, 0.29) is 30.5 Å². The van der Waals surface area contributed by atoms with Crippen LogP contribution in [0.2, 0.25) is 0 Å². The highest BCUT2D eigenvalue weighted by molar-refractivity contribution is 5.88. The van der Waals surface area contributed by atoms with E-state index < -0.39 is 11.0 Å². The molecule has 0 aromatic heterocycles. The van der Waals surface area contributed by atoms with E-state index in [2.05, 4.69) is 5.32 Å². The van der Waals surface area contributed by atoms with Crippen molar-refractivity contribution in [3.05, 3.63) is 75.3 Å². The normalized spacial score (nSPS) is 11.6. The van der Waals surface area contributed by atoms with Crippen LogP contribution in [0.15, 0.2) is 48.5 Å². The summed E-state index contributed by atoms with van der Waals surface area (Å²) in [7, 11) is 0. The Hall–Kier alpha value is -3.22. The minimum Gasteiger partial charge on any atom is -0.355 e. The van der Waals surface area contributed by atoms with Crippen LogP contribution >= 0.6 is 0 Å². The third-order valence-corrected chi connectivity index (χ3v) is 4.74. The highest BCUT2D eigenvalue weighted by Crippen LogP contribution is 2.21. The van der Waals surface area contributed by atoms with Crippen LogP contribution in [0.5, 0.6) is 0 Å². The predicted octanol–water partition coefficient (Wildman–Crippen LogP) is 3.39. The maximum Gasteiger partial charge on any atom is 0.273 e. The second-order valence-electron chi connectivity index (χ2n) is 6.89. The van der Waals surface area contributed by atoms with Gasteiger partial charge in [0.25, 0.3) is 5.69 Å². The third kappa shape index (κ3) is 5.88. The number of nitrogens with one attached hydrogen (secondary N) is 1. The molecule has 0 bridgehead atoms. The van der Waals surface area contributed by atoms with Crippen molar-refractivity contribution in [3.63, 3.8) is 0 Å². The van der Waals surface area contributed by atoms with Gasteiger partial charge in [-0.3, -0.25) is 19.7 Å². The molecule has 0 aliphatic carbocycles. The Balaban J connectivity index is 2.34. The second-order valence-corrected chi connectivity index (χ2v) is 6.89. The lowest BCUT2D eigenvalue weighted by molar-refractivity contribution is -0.385. The largest absolute Gasteiger partial charge is 0.355 e. The minimum atomic E-state index is -0.647. The van der Waals surface area contributed by atoms with Gasteiger partial charge >= 0.3 is 0 Å². The van der Waals surface area contributed by atoms with Crippen LogP contribution in [0.3, 0.4) is 0 Å². The van der Waals surface area contributed by atoms with E-state index in [4.69, 9.17) is 0 Å². The van der Waals surface area contributed by atoms with Crippen molar-refractivity contribution in [1.82, 2.24) is 10.2 Å². The lowest BCUT2D eigenvalue weighted by atomic mass is 10.0. The molecule has 0 saturated heterocycles. The van der Waals surface area contributed by atoms with Gasteiger partial charge in [0, 0.05) is 24.7 Å². The van der Waals surface area contributed by atoms with Crippen molar-refractivity contribution < 1.29 is 14.5 Å². The number of hydrogen-bond acceptors (Lipinski definition) is 4. The van der Waals surface area contributed by atoms with Crippen molar-refractivity contribution >= 4 is 17.5 Å². The summed E-state index contributed by atoms with van der Waals surface area (Å²) in [6.07, 6.45) is 0.305. The summed E-state index contributed by atoms with van der Waals surface area (Å²) >= 11 is 0. The highest BCUT2D eigenvalue weighted by Gasteiger charge is 2.29. The minimum absolute atomic E-state index is 0.0952. The quantitative estimate of drug-likeness (QED) is 0.518. The topological polar surface area (TPSA) is 92.6 Å². The van der Waals surface area contributed by atoms with Gasteiger partial charge in [0.15, 0.2) is 0 Å². The van der Waals surface area contributed by atoms with E-state index in [9.17, 15) is 19.7 Å². The Morgan fingerprint density at radius 3 is 2.34 bits per heavy atom. The van der Waals surface area contributed by atoms with Gasteiger partial charge in [0.05, 0.1) is 11.3 Å². The number of carbonyl (C=O) groups excluding carboxylic acids is 2. The van der Waals surface area contributed by atoms with Gasteiger partial charge in [-0.05, 0) is 25.8 Å². The Morgan fingerprint density at radius 1 is 1.10 bits per heavy atom. The number of nitrogens with zero attached hydrogens (tertiary/aromatic N) is 2. The summed E-state index contributed by atoms with van der Waals surface area (Å²) in [6.45, 7) is 6.37. The zero-order valence-electron chi connectivity index (χ0n) is 17.1. The van der Waals surface area contributed by atoms with Gasteiger partial charge in [0.1, 0.15) is 6.04 Å². The number of amides is 2. The molecule has 0 radical (unpaired) electrons. The van der Waals surface area contributed by atoms with Crippen molar-refractivity contribution in [3.8, 4) is 0 Å². The van der Waals surface area contributed by atoms with Gasteiger partial charge < -0.3 is 10.2 Å². The van der Waals surface area contributed by atoms with Crippen LogP contribution in [0.1, 0.15) is 37.0 Å². The summed E-state index contributed by atoms with van der Waals surface area (Å²) in [6, 6.07) is 13.3. The number of nitro benzene ring substituents is 1. The molecule has 2 amide bonds. The Labute approximate surface area is 170 Å². The highest BCUT2D eigenvalue weighted by atomic mass is 16.6. The van der Waals surface area contributed by atoms with Gasteiger partial charge in [-0.1, -0.05) is 55.0 Å². The van der Waals surface area contributed by atoms with Crippen LogP contribution in [-0.2, 0) is 22.6 Å². The zero-order valence-corrected chi connectivity index (χ0v) is 17.1. The fourth-order valence-electron chi connectivity index (χ4n) is 3.20. The summed E-state index contributed by atoms with van der Waals surface area (Å²) in [5, 5.41) is 14.1. The lowest BCUT2D eigenvalue weighted by Gasteiger charge is -2.30. The smallest absolute Gasteiger partial charge is 0.273 e. The summed E-state index contributed by atoms with van der Waals surface area (Å²) in [4.78, 5) is 38.1. The Kier molecular flexibility index (Phi) is 7.88. The number of aryl methyl sites for hydroxylation is 1. The number of hydrogen-bond donors (Lipinski definition) is 1. The Bertz CT molecular complexity index is 865. The van der Waals surface area contributed by atoms with Crippen molar-refractivity contribution in [1.29, 1.82) is 0 Å². The van der Waals surface area contributed by atoms with E-state index in [0.717, 1.165) is 11.1 Å². The first-order valence-electron chi connectivity index (χ1n) is 9.72. The molecule has 0 saturated carbocycles. The van der Waals surface area contributed by atoms with Gasteiger partial charge in [-0.15, -0.1) is 0 Å². The zero-order chi connectivity index (χ0) is 21.4. The SMILES string of the molecule is CCNC(=O)C(CC)N(Cc1ccc(C)cc1)C(=O)Cc1ccccc1[N+](=O)[O-]. The van der Waals surface area contributed by atoms with Crippen LogP contribution in [0, 0.1) is 17.0 Å². The molecule has 0 spiro atoms. The molecule has 0 heterocycles. The van der Waals surface area contributed by atoms with Crippen LogP contribution < -0.4 is 5.32 Å². The van der Waals surface area contributed by atoms with Gasteiger partial charge in [-0.2, -0.15) is 0 Å². The average molecular weight is 397 g/mol. The molecule has 29 heavy (non-hydrogen) atoms. The maximum absolute atomic E-state index is 13.2. The molecular formula is C22H27N3O4. The first-order valence-corrected chi connectivity index (χ1v) is 9.72. The molecule has 1 atom stereocenters. The number of benzene rings is 2. The molecule has 0 aliphatic heterocycles. The predicted molar refractivity (Wildman–Crippen MR) is 111 cm³/mol. The first-order chi connectivity index (χ1) is 13.9. The monoisotopic (exact) mass is 397 g/mol. The summed E-state index contributed by atoms with van der Waals surface area (Å²) < 4.78 is 0. The molecule has 1 unspecified atom stereocenters. The fraction of sp³-hybridized carbons (Fsp3) is 0.364. The molecule has 2 rings (SSSR count). The number of para-hydroxylation sites is 1. The third-order valence-electron chi connectivity index (χ3n) is 4.74. The average Bonchev–Trinajstić information content (AvgIpc) is 2.69. The van der Waals surface area contributed by atoms with Gasteiger partial charge in [-0.25, -0.2) is 0 Å². The molecule has 1 N–H and O–H groups in total. The van der Waals surface area contributed by atoms with Crippen molar-refractivity contribution in [2.45, 2.75) is 46.2 Å². The molecule has 154 valence electrons. The number of rotatable bonds is 9. The molecule has 7 heteroatoms. The number of likely N-dealkylation sites (N-methyl/N-ethyl adjacent to an activating group) is 1. The standard InChI is InChI=1S/C22H27N3O4/c1-4-19(22(27)23-5-2)24(15-17-12-10-16(3)11-13-17)21(26)14-18-8-6-7-9-20(18)25(28)29/h6-13,19H,4-5,14-15H2,1-3H3,(H,23,27). The van der Waals surface area contributed by atoms with E-state index in [1.54, 1.807) is 18.2 Å². The fourth-order valence-corrected chi connectivity index (χ4v) is 3.20. The molecule has 2 aromatic carbocycles. The molecule has 0 aliphatic rings. The first kappa shape index (κ1) is 22.1. The Morgan fingerprint density at radius 2 is 1.76 bits per heavy atom. The van der Waals surface area contributed by atoms with E-state index >= 15 is 0 Å². The van der Waals surface area contributed by atoms with E-state index in [1.807, 2.05) is 45.0 Å². The maximum atomic E-state index is 13.2. The number of carbonyl (C=O) groups is 2. The van der Waals surface area contributed by atoms with Crippen LogP contribution in [-0.4, -0.2) is 34.2 Å².